The maximum absolute atomic E-state index is 11.7. The molecule has 1 aliphatic heterocycles. The van der Waals surface area contributed by atoms with Crippen LogP contribution < -0.4 is 10.6 Å². The Morgan fingerprint density at radius 2 is 1.96 bits per heavy atom. The van der Waals surface area contributed by atoms with Gasteiger partial charge in [-0.1, -0.05) is 0 Å². The molecule has 2 rings (SSSR count). The highest BCUT2D eigenvalue weighted by atomic mass is 16.6. The second kappa shape index (κ2) is 7.48. The summed E-state index contributed by atoms with van der Waals surface area (Å²) < 4.78 is 5.03. The van der Waals surface area contributed by atoms with Crippen LogP contribution >= 0.6 is 0 Å². The number of ether oxygens (including phenoxy) is 1. The molecule has 0 spiro atoms. The van der Waals surface area contributed by atoms with E-state index in [2.05, 4.69) is 41.4 Å². The van der Waals surface area contributed by atoms with Crippen molar-refractivity contribution in [3.8, 4) is 0 Å². The topological polar surface area (TPSA) is 79.4 Å². The normalized spacial score (nSPS) is 16.1. The molecule has 1 aromatic heterocycles. The fourth-order valence-electron chi connectivity index (χ4n) is 2.52. The standard InChI is InChI=1S/C16H27N5O2/c1-5-23-15(22)21-8-6-12(7-9-21)19-13-10-14(18-11-17-13)20-16(2,3)4/h10-12H,5-9H2,1-4H3,(H2,17,18,19,20). The smallest absolute Gasteiger partial charge is 0.409 e. The molecule has 128 valence electrons. The van der Waals surface area contributed by atoms with E-state index in [1.54, 1.807) is 11.2 Å². The number of hydrogen-bond donors (Lipinski definition) is 2. The molecule has 0 bridgehead atoms. The molecule has 0 saturated carbocycles. The number of likely N-dealkylation sites (tertiary alicyclic amines) is 1. The van der Waals surface area contributed by atoms with Crippen molar-refractivity contribution >= 4 is 17.7 Å². The Morgan fingerprint density at radius 1 is 1.30 bits per heavy atom. The van der Waals surface area contributed by atoms with E-state index in [4.69, 9.17) is 4.74 Å². The molecule has 0 atom stereocenters. The van der Waals surface area contributed by atoms with Crippen LogP contribution in [0.1, 0.15) is 40.5 Å². The summed E-state index contributed by atoms with van der Waals surface area (Å²) in [6.45, 7) is 9.92. The molecule has 0 aliphatic carbocycles. The first-order valence-corrected chi connectivity index (χ1v) is 8.16. The molecular weight excluding hydrogens is 294 g/mol. The number of carbonyl (C=O) groups is 1. The van der Waals surface area contributed by atoms with Crippen molar-refractivity contribution in [2.45, 2.75) is 52.1 Å². The fourth-order valence-corrected chi connectivity index (χ4v) is 2.52. The first-order valence-electron chi connectivity index (χ1n) is 8.16. The Kier molecular flexibility index (Phi) is 5.63. The minimum absolute atomic E-state index is 0.0450. The van der Waals surface area contributed by atoms with Crippen LogP contribution in [0.2, 0.25) is 0 Å². The molecule has 0 radical (unpaired) electrons. The number of anilines is 2. The van der Waals surface area contributed by atoms with Crippen molar-refractivity contribution < 1.29 is 9.53 Å². The lowest BCUT2D eigenvalue weighted by Crippen LogP contribution is -2.42. The van der Waals surface area contributed by atoms with Gasteiger partial charge < -0.3 is 20.3 Å². The van der Waals surface area contributed by atoms with Crippen molar-refractivity contribution in [3.63, 3.8) is 0 Å². The van der Waals surface area contributed by atoms with Crippen LogP contribution in [-0.4, -0.2) is 52.2 Å². The van der Waals surface area contributed by atoms with Gasteiger partial charge in [0.15, 0.2) is 0 Å². The Bertz CT molecular complexity index is 521. The average molecular weight is 321 g/mol. The highest BCUT2D eigenvalue weighted by molar-refractivity contribution is 5.67. The molecule has 1 amide bonds. The lowest BCUT2D eigenvalue weighted by Gasteiger charge is -2.32. The van der Waals surface area contributed by atoms with Gasteiger partial charge in [0.2, 0.25) is 0 Å². The number of piperidine rings is 1. The molecular formula is C16H27N5O2. The third-order valence-corrected chi connectivity index (χ3v) is 3.54. The number of amides is 1. The Morgan fingerprint density at radius 3 is 2.57 bits per heavy atom. The summed E-state index contributed by atoms with van der Waals surface area (Å²) in [4.78, 5) is 22.0. The Labute approximate surface area is 137 Å². The Hall–Kier alpha value is -2.05. The molecule has 2 N–H and O–H groups in total. The number of rotatable bonds is 4. The third-order valence-electron chi connectivity index (χ3n) is 3.54. The molecule has 1 fully saturated rings. The predicted octanol–water partition coefficient (Wildman–Crippen LogP) is 2.72. The second-order valence-electron chi connectivity index (χ2n) is 6.77. The van der Waals surface area contributed by atoms with Gasteiger partial charge in [0.05, 0.1) is 6.61 Å². The lowest BCUT2D eigenvalue weighted by atomic mass is 10.1. The maximum Gasteiger partial charge on any atom is 0.409 e. The number of hydrogen-bond acceptors (Lipinski definition) is 6. The monoisotopic (exact) mass is 321 g/mol. The van der Waals surface area contributed by atoms with Crippen LogP contribution in [0.5, 0.6) is 0 Å². The number of carbonyl (C=O) groups excluding carboxylic acids is 1. The largest absolute Gasteiger partial charge is 0.450 e. The van der Waals surface area contributed by atoms with Crippen LogP contribution in [0.4, 0.5) is 16.4 Å². The van der Waals surface area contributed by atoms with Crippen LogP contribution in [0.15, 0.2) is 12.4 Å². The Balaban J connectivity index is 1.87. The van der Waals surface area contributed by atoms with E-state index in [1.165, 1.54) is 0 Å². The van der Waals surface area contributed by atoms with Crippen molar-refractivity contribution in [3.05, 3.63) is 12.4 Å². The van der Waals surface area contributed by atoms with Gasteiger partial charge in [0.1, 0.15) is 18.0 Å². The van der Waals surface area contributed by atoms with Gasteiger partial charge in [-0.15, -0.1) is 0 Å². The van der Waals surface area contributed by atoms with Crippen molar-refractivity contribution in [2.24, 2.45) is 0 Å². The maximum atomic E-state index is 11.7. The molecule has 1 aromatic rings. The summed E-state index contributed by atoms with van der Waals surface area (Å²) in [5.41, 5.74) is -0.0450. The van der Waals surface area contributed by atoms with E-state index in [0.29, 0.717) is 25.7 Å². The minimum Gasteiger partial charge on any atom is -0.450 e. The molecule has 2 heterocycles. The number of nitrogens with one attached hydrogen (secondary N) is 2. The SMILES string of the molecule is CCOC(=O)N1CCC(Nc2cc(NC(C)(C)C)ncn2)CC1. The number of aromatic nitrogens is 2. The fraction of sp³-hybridized carbons (Fsp3) is 0.688. The predicted molar refractivity (Wildman–Crippen MR) is 90.6 cm³/mol. The highest BCUT2D eigenvalue weighted by Gasteiger charge is 2.23. The average Bonchev–Trinajstić information content (AvgIpc) is 2.47. The molecule has 1 saturated heterocycles. The zero-order valence-electron chi connectivity index (χ0n) is 14.4. The van der Waals surface area contributed by atoms with E-state index >= 15 is 0 Å². The van der Waals surface area contributed by atoms with Crippen molar-refractivity contribution in [1.82, 2.24) is 14.9 Å². The second-order valence-corrected chi connectivity index (χ2v) is 6.77. The van der Waals surface area contributed by atoms with Gasteiger partial charge in [-0.05, 0) is 40.5 Å². The lowest BCUT2D eigenvalue weighted by molar-refractivity contribution is 0.0983. The first-order chi connectivity index (χ1) is 10.9. The summed E-state index contributed by atoms with van der Waals surface area (Å²) >= 11 is 0. The summed E-state index contributed by atoms with van der Waals surface area (Å²) in [5, 5.41) is 6.76. The third kappa shape index (κ3) is 5.58. The van der Waals surface area contributed by atoms with E-state index in [9.17, 15) is 4.79 Å². The minimum atomic E-state index is -0.218. The van der Waals surface area contributed by atoms with Gasteiger partial charge >= 0.3 is 6.09 Å². The first kappa shape index (κ1) is 17.3. The van der Waals surface area contributed by atoms with Gasteiger partial charge in [0, 0.05) is 30.7 Å². The quantitative estimate of drug-likeness (QED) is 0.887. The van der Waals surface area contributed by atoms with Gasteiger partial charge in [-0.3, -0.25) is 0 Å². The van der Waals surface area contributed by atoms with E-state index in [-0.39, 0.29) is 11.6 Å². The molecule has 1 aliphatic rings. The van der Waals surface area contributed by atoms with E-state index in [1.807, 2.05) is 13.0 Å². The highest BCUT2D eigenvalue weighted by Crippen LogP contribution is 2.18. The van der Waals surface area contributed by atoms with E-state index in [0.717, 1.165) is 24.5 Å². The zero-order valence-corrected chi connectivity index (χ0v) is 14.4. The van der Waals surface area contributed by atoms with Crippen LogP contribution in [0.3, 0.4) is 0 Å². The van der Waals surface area contributed by atoms with Crippen LogP contribution in [0.25, 0.3) is 0 Å². The van der Waals surface area contributed by atoms with Crippen molar-refractivity contribution in [2.75, 3.05) is 30.3 Å². The molecule has 7 nitrogen and oxygen atoms in total. The van der Waals surface area contributed by atoms with E-state index < -0.39 is 0 Å². The van der Waals surface area contributed by atoms with Gasteiger partial charge in [0.25, 0.3) is 0 Å². The summed E-state index contributed by atoms with van der Waals surface area (Å²) in [7, 11) is 0. The zero-order chi connectivity index (χ0) is 16.9. The molecule has 7 heteroatoms. The number of nitrogens with zero attached hydrogens (tertiary/aromatic N) is 3. The summed E-state index contributed by atoms with van der Waals surface area (Å²) in [6, 6.07) is 2.22. The molecule has 0 aromatic carbocycles. The van der Waals surface area contributed by atoms with Crippen LogP contribution in [0, 0.1) is 0 Å². The van der Waals surface area contributed by atoms with Gasteiger partial charge in [-0.25, -0.2) is 14.8 Å². The summed E-state index contributed by atoms with van der Waals surface area (Å²) in [5.74, 6) is 1.61. The van der Waals surface area contributed by atoms with Gasteiger partial charge in [-0.2, -0.15) is 0 Å². The molecule has 23 heavy (non-hydrogen) atoms. The summed E-state index contributed by atoms with van der Waals surface area (Å²) in [6.07, 6.45) is 3.10. The van der Waals surface area contributed by atoms with Crippen molar-refractivity contribution in [1.29, 1.82) is 0 Å². The van der Waals surface area contributed by atoms with Crippen LogP contribution in [-0.2, 0) is 4.74 Å². The molecule has 0 unspecified atom stereocenters.